The molecule has 2 fully saturated rings. The lowest BCUT2D eigenvalue weighted by molar-refractivity contribution is 0.0674. The molecule has 1 aliphatic carbocycles. The molecule has 2 aliphatic rings. The average Bonchev–Trinajstić information content (AvgIpc) is 2.67. The lowest BCUT2D eigenvalue weighted by Crippen LogP contribution is -2.42. The van der Waals surface area contributed by atoms with E-state index in [4.69, 9.17) is 4.74 Å². The quantitative estimate of drug-likeness (QED) is 0.806. The SMILES string of the molecule is CNCC1CCCN(C(=O)c2ccc(OCC3CCCCC3)cc2)C1.Cl. The molecule has 146 valence electrons. The summed E-state index contributed by atoms with van der Waals surface area (Å²) < 4.78 is 5.94. The first-order valence-corrected chi connectivity index (χ1v) is 9.93. The number of halogens is 1. The molecule has 1 amide bonds. The molecule has 0 bridgehead atoms. The number of nitrogens with zero attached hydrogens (tertiary/aromatic N) is 1. The Kier molecular flexibility index (Phi) is 8.73. The highest BCUT2D eigenvalue weighted by molar-refractivity contribution is 5.94. The van der Waals surface area contributed by atoms with Crippen LogP contribution in [0, 0.1) is 11.8 Å². The topological polar surface area (TPSA) is 41.6 Å². The second kappa shape index (κ2) is 10.8. The zero-order valence-electron chi connectivity index (χ0n) is 15.9. The van der Waals surface area contributed by atoms with Crippen LogP contribution < -0.4 is 10.1 Å². The summed E-state index contributed by atoms with van der Waals surface area (Å²) in [6.07, 6.45) is 8.94. The largest absolute Gasteiger partial charge is 0.493 e. The Morgan fingerprint density at radius 3 is 2.46 bits per heavy atom. The van der Waals surface area contributed by atoms with Gasteiger partial charge in [0.05, 0.1) is 6.61 Å². The number of nitrogens with one attached hydrogen (secondary N) is 1. The van der Waals surface area contributed by atoms with Crippen LogP contribution in [-0.4, -0.2) is 44.1 Å². The van der Waals surface area contributed by atoms with Crippen LogP contribution in [0.2, 0.25) is 0 Å². The fraction of sp³-hybridized carbons (Fsp3) is 0.667. The van der Waals surface area contributed by atoms with Crippen molar-refractivity contribution in [1.29, 1.82) is 0 Å². The predicted octanol–water partition coefficient (Wildman–Crippen LogP) is 4.14. The number of carbonyl (C=O) groups is 1. The highest BCUT2D eigenvalue weighted by atomic mass is 35.5. The number of amides is 1. The molecular formula is C21H33ClN2O2. The van der Waals surface area contributed by atoms with Crippen molar-refractivity contribution in [3.8, 4) is 5.75 Å². The minimum absolute atomic E-state index is 0. The number of benzene rings is 1. The Labute approximate surface area is 164 Å². The second-order valence-electron chi connectivity index (χ2n) is 7.66. The summed E-state index contributed by atoms with van der Waals surface area (Å²) in [6.45, 7) is 3.53. The Morgan fingerprint density at radius 2 is 1.77 bits per heavy atom. The van der Waals surface area contributed by atoms with Crippen molar-refractivity contribution in [3.63, 3.8) is 0 Å². The van der Waals surface area contributed by atoms with Gasteiger partial charge in [-0.2, -0.15) is 0 Å². The summed E-state index contributed by atoms with van der Waals surface area (Å²) in [4.78, 5) is 14.7. The van der Waals surface area contributed by atoms with Gasteiger partial charge >= 0.3 is 0 Å². The molecule has 26 heavy (non-hydrogen) atoms. The molecule has 1 aromatic carbocycles. The Morgan fingerprint density at radius 1 is 1.08 bits per heavy atom. The first-order valence-electron chi connectivity index (χ1n) is 9.93. The van der Waals surface area contributed by atoms with Crippen molar-refractivity contribution in [2.75, 3.05) is 33.3 Å². The standard InChI is InChI=1S/C21H32N2O2.ClH/c1-22-14-18-8-5-13-23(15-18)21(24)19-9-11-20(12-10-19)25-16-17-6-3-2-4-7-17;/h9-12,17-18,22H,2-8,13-16H2,1H3;1H. The Hall–Kier alpha value is -1.26. The van der Waals surface area contributed by atoms with Crippen LogP contribution in [0.25, 0.3) is 0 Å². The highest BCUT2D eigenvalue weighted by Crippen LogP contribution is 2.25. The Balaban J connectivity index is 0.00000243. The van der Waals surface area contributed by atoms with Crippen molar-refractivity contribution < 1.29 is 9.53 Å². The summed E-state index contributed by atoms with van der Waals surface area (Å²) >= 11 is 0. The molecule has 0 radical (unpaired) electrons. The summed E-state index contributed by atoms with van der Waals surface area (Å²) in [6, 6.07) is 7.73. The molecule has 1 aromatic rings. The summed E-state index contributed by atoms with van der Waals surface area (Å²) in [5.74, 6) is 2.31. The van der Waals surface area contributed by atoms with E-state index in [9.17, 15) is 4.79 Å². The van der Waals surface area contributed by atoms with Crippen molar-refractivity contribution in [1.82, 2.24) is 10.2 Å². The van der Waals surface area contributed by atoms with Crippen LogP contribution in [0.5, 0.6) is 5.75 Å². The number of likely N-dealkylation sites (tertiary alicyclic amines) is 1. The maximum absolute atomic E-state index is 12.7. The van der Waals surface area contributed by atoms with E-state index in [-0.39, 0.29) is 18.3 Å². The Bertz CT molecular complexity index is 541. The molecule has 0 aromatic heterocycles. The van der Waals surface area contributed by atoms with Crippen LogP contribution in [0.1, 0.15) is 55.3 Å². The third kappa shape index (κ3) is 5.88. The van der Waals surface area contributed by atoms with E-state index in [0.29, 0.717) is 11.8 Å². The minimum atomic E-state index is 0. The van der Waals surface area contributed by atoms with Gasteiger partial charge in [0.2, 0.25) is 0 Å². The van der Waals surface area contributed by atoms with Crippen molar-refractivity contribution in [2.24, 2.45) is 11.8 Å². The number of ether oxygens (including phenoxy) is 1. The molecule has 0 spiro atoms. The molecule has 4 nitrogen and oxygen atoms in total. The third-order valence-corrected chi connectivity index (χ3v) is 5.61. The van der Waals surface area contributed by atoms with E-state index in [1.54, 1.807) is 0 Å². The van der Waals surface area contributed by atoms with Gasteiger partial charge in [0.25, 0.3) is 5.91 Å². The van der Waals surface area contributed by atoms with Crippen LogP contribution in [-0.2, 0) is 0 Å². The second-order valence-corrected chi connectivity index (χ2v) is 7.66. The molecular weight excluding hydrogens is 348 g/mol. The summed E-state index contributed by atoms with van der Waals surface area (Å²) in [7, 11) is 1.98. The van der Waals surface area contributed by atoms with Crippen LogP contribution in [0.15, 0.2) is 24.3 Å². The van der Waals surface area contributed by atoms with E-state index in [0.717, 1.165) is 44.0 Å². The predicted molar refractivity (Wildman–Crippen MR) is 108 cm³/mol. The molecule has 5 heteroatoms. The summed E-state index contributed by atoms with van der Waals surface area (Å²) in [5.41, 5.74) is 0.773. The fourth-order valence-corrected chi connectivity index (χ4v) is 4.15. The highest BCUT2D eigenvalue weighted by Gasteiger charge is 2.24. The van der Waals surface area contributed by atoms with Crippen LogP contribution in [0.3, 0.4) is 0 Å². The lowest BCUT2D eigenvalue weighted by atomic mass is 9.90. The number of hydrogen-bond donors (Lipinski definition) is 1. The van der Waals surface area contributed by atoms with Gasteiger partial charge in [0, 0.05) is 18.7 Å². The van der Waals surface area contributed by atoms with Crippen LogP contribution in [0.4, 0.5) is 0 Å². The smallest absolute Gasteiger partial charge is 0.253 e. The van der Waals surface area contributed by atoms with E-state index in [1.165, 1.54) is 38.5 Å². The monoisotopic (exact) mass is 380 g/mol. The first kappa shape index (κ1) is 21.0. The van der Waals surface area contributed by atoms with Gasteiger partial charge in [-0.1, -0.05) is 19.3 Å². The molecule has 3 rings (SSSR count). The van der Waals surface area contributed by atoms with Gasteiger partial charge in [0.15, 0.2) is 0 Å². The zero-order chi connectivity index (χ0) is 17.5. The van der Waals surface area contributed by atoms with E-state index in [2.05, 4.69) is 5.32 Å². The number of piperidine rings is 1. The van der Waals surface area contributed by atoms with E-state index >= 15 is 0 Å². The average molecular weight is 381 g/mol. The van der Waals surface area contributed by atoms with Gasteiger partial charge in [0.1, 0.15) is 5.75 Å². The van der Waals surface area contributed by atoms with Crippen molar-refractivity contribution in [2.45, 2.75) is 44.9 Å². The molecule has 1 heterocycles. The lowest BCUT2D eigenvalue weighted by Gasteiger charge is -2.32. The van der Waals surface area contributed by atoms with Gasteiger partial charge in [-0.25, -0.2) is 0 Å². The number of hydrogen-bond acceptors (Lipinski definition) is 3. The van der Waals surface area contributed by atoms with Gasteiger partial charge in [-0.15, -0.1) is 12.4 Å². The van der Waals surface area contributed by atoms with Gasteiger partial charge in [-0.05, 0) is 75.4 Å². The molecule has 1 atom stereocenters. The van der Waals surface area contributed by atoms with Crippen molar-refractivity contribution >= 4 is 18.3 Å². The van der Waals surface area contributed by atoms with Crippen LogP contribution >= 0.6 is 12.4 Å². The number of carbonyl (C=O) groups excluding carboxylic acids is 1. The normalized spacial score (nSPS) is 21.1. The minimum Gasteiger partial charge on any atom is -0.493 e. The molecule has 1 saturated carbocycles. The summed E-state index contributed by atoms with van der Waals surface area (Å²) in [5, 5.41) is 3.23. The first-order chi connectivity index (χ1) is 12.3. The van der Waals surface area contributed by atoms with E-state index < -0.39 is 0 Å². The maximum Gasteiger partial charge on any atom is 0.253 e. The third-order valence-electron chi connectivity index (χ3n) is 5.61. The van der Waals surface area contributed by atoms with Gasteiger partial charge in [-0.3, -0.25) is 4.79 Å². The molecule has 1 unspecified atom stereocenters. The number of rotatable bonds is 6. The zero-order valence-corrected chi connectivity index (χ0v) is 16.7. The van der Waals surface area contributed by atoms with Gasteiger partial charge < -0.3 is 15.0 Å². The van der Waals surface area contributed by atoms with Crippen molar-refractivity contribution in [3.05, 3.63) is 29.8 Å². The molecule has 1 aliphatic heterocycles. The molecule has 1 N–H and O–H groups in total. The fourth-order valence-electron chi connectivity index (χ4n) is 4.15. The maximum atomic E-state index is 12.7. The molecule has 1 saturated heterocycles. The van der Waals surface area contributed by atoms with E-state index in [1.807, 2.05) is 36.2 Å².